The van der Waals surface area contributed by atoms with Crippen molar-refractivity contribution in [3.8, 4) is 0 Å². The Hall–Kier alpha value is -2.56. The van der Waals surface area contributed by atoms with Gasteiger partial charge in [0.25, 0.3) is 0 Å². The lowest BCUT2D eigenvalue weighted by Crippen LogP contribution is -2.40. The summed E-state index contributed by atoms with van der Waals surface area (Å²) in [4.78, 5) is 22.8. The molecule has 1 aliphatic heterocycles. The van der Waals surface area contributed by atoms with Crippen LogP contribution in [-0.2, 0) is 11.2 Å². The highest BCUT2D eigenvalue weighted by molar-refractivity contribution is 5.88. The third kappa shape index (κ3) is 3.14. The minimum Gasteiger partial charge on any atom is -0.361 e. The summed E-state index contributed by atoms with van der Waals surface area (Å²) < 4.78 is 2.23. The molecule has 136 valence electrons. The Morgan fingerprint density at radius 2 is 2.19 bits per heavy atom. The van der Waals surface area contributed by atoms with Crippen LogP contribution >= 0.6 is 0 Å². The molecule has 1 aromatic carbocycles. The van der Waals surface area contributed by atoms with Gasteiger partial charge in [0.05, 0.1) is 6.42 Å². The standard InChI is InChI=1S/C21H26N4O/c1-15(2)25-11-9-22-21(25)16-6-5-10-24(14-16)20(26)12-17-13-23-19-8-4-3-7-18(17)19/h3-4,7-9,11,13,15-16,23H,5-6,10,12,14H2,1-2H3. The number of nitrogens with zero attached hydrogens (tertiary/aromatic N) is 3. The van der Waals surface area contributed by atoms with Gasteiger partial charge in [-0.25, -0.2) is 4.98 Å². The van der Waals surface area contributed by atoms with Crippen LogP contribution in [0.4, 0.5) is 0 Å². The van der Waals surface area contributed by atoms with Gasteiger partial charge in [0, 0.05) is 54.5 Å². The summed E-state index contributed by atoms with van der Waals surface area (Å²) in [5, 5.41) is 1.14. The van der Waals surface area contributed by atoms with Crippen molar-refractivity contribution in [2.75, 3.05) is 13.1 Å². The number of piperidine rings is 1. The van der Waals surface area contributed by atoms with Crippen LogP contribution in [-0.4, -0.2) is 38.4 Å². The van der Waals surface area contributed by atoms with Gasteiger partial charge in [0.1, 0.15) is 5.82 Å². The van der Waals surface area contributed by atoms with Gasteiger partial charge < -0.3 is 14.5 Å². The fourth-order valence-electron chi connectivity index (χ4n) is 4.04. The number of para-hydroxylation sites is 1. The number of rotatable bonds is 4. The molecule has 1 N–H and O–H groups in total. The van der Waals surface area contributed by atoms with Crippen molar-refractivity contribution in [1.29, 1.82) is 0 Å². The quantitative estimate of drug-likeness (QED) is 0.776. The smallest absolute Gasteiger partial charge is 0.227 e. The summed E-state index contributed by atoms with van der Waals surface area (Å²) in [6.07, 6.45) is 8.48. The van der Waals surface area contributed by atoms with E-state index < -0.39 is 0 Å². The number of H-pyrrole nitrogens is 1. The van der Waals surface area contributed by atoms with E-state index in [4.69, 9.17) is 0 Å². The first kappa shape index (κ1) is 16.9. The zero-order valence-electron chi connectivity index (χ0n) is 15.5. The van der Waals surface area contributed by atoms with Crippen molar-refractivity contribution >= 4 is 16.8 Å². The van der Waals surface area contributed by atoms with Gasteiger partial charge in [-0.05, 0) is 38.3 Å². The molecule has 1 aliphatic rings. The van der Waals surface area contributed by atoms with Crippen molar-refractivity contribution < 1.29 is 4.79 Å². The van der Waals surface area contributed by atoms with Crippen LogP contribution in [0.15, 0.2) is 42.9 Å². The fraction of sp³-hybridized carbons (Fsp3) is 0.429. The number of hydrogen-bond donors (Lipinski definition) is 1. The van der Waals surface area contributed by atoms with Gasteiger partial charge in [0.2, 0.25) is 5.91 Å². The van der Waals surface area contributed by atoms with Crippen molar-refractivity contribution in [1.82, 2.24) is 19.4 Å². The maximum Gasteiger partial charge on any atom is 0.227 e. The number of carbonyl (C=O) groups excluding carboxylic acids is 1. The summed E-state index contributed by atoms with van der Waals surface area (Å²) in [6.45, 7) is 5.97. The molecule has 1 atom stereocenters. The molecule has 5 nitrogen and oxygen atoms in total. The van der Waals surface area contributed by atoms with Gasteiger partial charge in [-0.2, -0.15) is 0 Å². The monoisotopic (exact) mass is 350 g/mol. The van der Waals surface area contributed by atoms with Gasteiger partial charge in [0.15, 0.2) is 0 Å². The van der Waals surface area contributed by atoms with Crippen molar-refractivity contribution in [2.24, 2.45) is 0 Å². The van der Waals surface area contributed by atoms with Gasteiger partial charge in [-0.15, -0.1) is 0 Å². The zero-order chi connectivity index (χ0) is 18.1. The number of imidazole rings is 1. The maximum atomic E-state index is 12.9. The molecule has 0 bridgehead atoms. The average molecular weight is 350 g/mol. The van der Waals surface area contributed by atoms with E-state index in [1.807, 2.05) is 41.7 Å². The highest BCUT2D eigenvalue weighted by atomic mass is 16.2. The lowest BCUT2D eigenvalue weighted by atomic mass is 9.96. The minimum atomic E-state index is 0.210. The van der Waals surface area contributed by atoms with Crippen LogP contribution in [0.2, 0.25) is 0 Å². The van der Waals surface area contributed by atoms with Crippen LogP contribution in [0.1, 0.15) is 50.0 Å². The molecule has 0 aliphatic carbocycles. The second kappa shape index (κ2) is 6.98. The normalized spacial score (nSPS) is 18.0. The molecule has 5 heteroatoms. The number of benzene rings is 1. The minimum absolute atomic E-state index is 0.210. The number of nitrogens with one attached hydrogen (secondary N) is 1. The number of aromatic amines is 1. The molecule has 1 unspecified atom stereocenters. The molecule has 4 rings (SSSR count). The maximum absolute atomic E-state index is 12.9. The van der Waals surface area contributed by atoms with Crippen LogP contribution in [0.3, 0.4) is 0 Å². The second-order valence-corrected chi connectivity index (χ2v) is 7.50. The Bertz CT molecular complexity index is 908. The zero-order valence-corrected chi connectivity index (χ0v) is 15.5. The van der Waals surface area contributed by atoms with Crippen LogP contribution in [0, 0.1) is 0 Å². The van der Waals surface area contributed by atoms with E-state index in [1.54, 1.807) is 0 Å². The van der Waals surface area contributed by atoms with Crippen molar-refractivity contribution in [2.45, 2.75) is 45.1 Å². The molecule has 3 heterocycles. The molecule has 26 heavy (non-hydrogen) atoms. The van der Waals surface area contributed by atoms with E-state index in [0.717, 1.165) is 48.2 Å². The highest BCUT2D eigenvalue weighted by Gasteiger charge is 2.28. The molecule has 1 fully saturated rings. The second-order valence-electron chi connectivity index (χ2n) is 7.50. The number of fused-ring (bicyclic) bond motifs is 1. The molecule has 0 spiro atoms. The van der Waals surface area contributed by atoms with E-state index in [2.05, 4.69) is 34.4 Å². The molecule has 1 amide bonds. The lowest BCUT2D eigenvalue weighted by molar-refractivity contribution is -0.131. The predicted molar refractivity (Wildman–Crippen MR) is 103 cm³/mol. The molecule has 0 radical (unpaired) electrons. The molecule has 0 saturated carbocycles. The van der Waals surface area contributed by atoms with E-state index >= 15 is 0 Å². The highest BCUT2D eigenvalue weighted by Crippen LogP contribution is 2.28. The third-order valence-electron chi connectivity index (χ3n) is 5.41. The largest absolute Gasteiger partial charge is 0.361 e. The molecule has 2 aromatic heterocycles. The lowest BCUT2D eigenvalue weighted by Gasteiger charge is -2.33. The Morgan fingerprint density at radius 1 is 1.35 bits per heavy atom. The van der Waals surface area contributed by atoms with E-state index in [9.17, 15) is 4.79 Å². The van der Waals surface area contributed by atoms with Crippen molar-refractivity contribution in [3.05, 3.63) is 54.2 Å². The summed E-state index contributed by atoms with van der Waals surface area (Å²) in [6, 6.07) is 8.55. The van der Waals surface area contributed by atoms with Crippen LogP contribution in [0.25, 0.3) is 10.9 Å². The summed E-state index contributed by atoms with van der Waals surface area (Å²) in [7, 11) is 0. The Balaban J connectivity index is 1.49. The van der Waals surface area contributed by atoms with E-state index in [-0.39, 0.29) is 5.91 Å². The number of hydrogen-bond acceptors (Lipinski definition) is 2. The Morgan fingerprint density at radius 3 is 3.04 bits per heavy atom. The number of likely N-dealkylation sites (tertiary alicyclic amines) is 1. The molecular formula is C21H26N4O. The van der Waals surface area contributed by atoms with Gasteiger partial charge in [-0.1, -0.05) is 18.2 Å². The first-order valence-corrected chi connectivity index (χ1v) is 9.49. The summed E-state index contributed by atoms with van der Waals surface area (Å²) >= 11 is 0. The Labute approximate surface area is 154 Å². The molecule has 3 aromatic rings. The van der Waals surface area contributed by atoms with Crippen LogP contribution < -0.4 is 0 Å². The van der Waals surface area contributed by atoms with E-state index in [0.29, 0.717) is 18.4 Å². The van der Waals surface area contributed by atoms with Gasteiger partial charge >= 0.3 is 0 Å². The molecule has 1 saturated heterocycles. The van der Waals surface area contributed by atoms with E-state index in [1.165, 1.54) is 0 Å². The third-order valence-corrected chi connectivity index (χ3v) is 5.41. The fourth-order valence-corrected chi connectivity index (χ4v) is 4.04. The van der Waals surface area contributed by atoms with Gasteiger partial charge in [-0.3, -0.25) is 4.79 Å². The number of aromatic nitrogens is 3. The topological polar surface area (TPSA) is 53.9 Å². The molecular weight excluding hydrogens is 324 g/mol. The summed E-state index contributed by atoms with van der Waals surface area (Å²) in [5.74, 6) is 1.65. The average Bonchev–Trinajstić information content (AvgIpc) is 3.29. The first-order valence-electron chi connectivity index (χ1n) is 9.49. The first-order chi connectivity index (χ1) is 12.6. The Kier molecular flexibility index (Phi) is 4.53. The van der Waals surface area contributed by atoms with Crippen molar-refractivity contribution in [3.63, 3.8) is 0 Å². The number of amides is 1. The summed E-state index contributed by atoms with van der Waals surface area (Å²) in [5.41, 5.74) is 2.17. The number of carbonyl (C=O) groups is 1. The SMILES string of the molecule is CC(C)n1ccnc1C1CCCN(C(=O)Cc2c[nH]c3ccccc23)C1. The van der Waals surface area contributed by atoms with Crippen LogP contribution in [0.5, 0.6) is 0 Å². The predicted octanol–water partition coefficient (Wildman–Crippen LogP) is 3.89.